The molecule has 104 valence electrons. The molecule has 0 aromatic heterocycles. The van der Waals surface area contributed by atoms with Gasteiger partial charge in [0.1, 0.15) is 0 Å². The summed E-state index contributed by atoms with van der Waals surface area (Å²) in [4.78, 5) is 0. The van der Waals surface area contributed by atoms with Crippen molar-refractivity contribution in [1.29, 1.82) is 0 Å². The largest absolute Gasteiger partial charge is 0.772 e. The summed E-state index contributed by atoms with van der Waals surface area (Å²) >= 11 is -7.30. The molecular formula is C4H3ClF3O6S3-3. The average Bonchev–Trinajstić information content (AvgIpc) is 2.08. The highest BCUT2D eigenvalue weighted by Crippen LogP contribution is 2.42. The maximum absolute atomic E-state index is 12.6. The minimum atomic E-state index is -5.84. The van der Waals surface area contributed by atoms with Gasteiger partial charge in [0, 0.05) is 5.88 Å². The molecule has 0 amide bonds. The standard InChI is InChI=1S/C4H6ClF3O6S3/c5-1-2(15(9)10)3(16(11)12,17(13)14)4(6,7)8/h2H,1H2,(H,9,10)(H,11,12)(H,13,14)/p-3. The van der Waals surface area contributed by atoms with Gasteiger partial charge in [-0.15, -0.1) is 11.6 Å². The number of halogens is 4. The Labute approximate surface area is 106 Å². The summed E-state index contributed by atoms with van der Waals surface area (Å²) in [5.41, 5.74) is 0. The quantitative estimate of drug-likeness (QED) is 0.493. The van der Waals surface area contributed by atoms with E-state index in [2.05, 4.69) is 0 Å². The predicted molar refractivity (Wildman–Crippen MR) is 50.1 cm³/mol. The minimum absolute atomic E-state index is 1.35. The molecule has 13 heteroatoms. The molecule has 0 aromatic carbocycles. The highest BCUT2D eigenvalue weighted by atomic mass is 35.5. The molecule has 0 rings (SSSR count). The normalized spacial score (nSPS) is 23.5. The molecular weight excluding hydrogens is 333 g/mol. The lowest BCUT2D eigenvalue weighted by Crippen LogP contribution is -2.62. The van der Waals surface area contributed by atoms with Crippen LogP contribution in [0.1, 0.15) is 0 Å². The van der Waals surface area contributed by atoms with Crippen molar-refractivity contribution in [1.82, 2.24) is 0 Å². The first-order chi connectivity index (χ1) is 7.53. The lowest BCUT2D eigenvalue weighted by atomic mass is 10.3. The number of alkyl halides is 4. The van der Waals surface area contributed by atoms with Gasteiger partial charge in [-0.25, -0.2) is 0 Å². The lowest BCUT2D eigenvalue weighted by molar-refractivity contribution is -0.141. The first-order valence-electron chi connectivity index (χ1n) is 3.43. The molecule has 0 bridgehead atoms. The van der Waals surface area contributed by atoms with Gasteiger partial charge >= 0.3 is 6.18 Å². The van der Waals surface area contributed by atoms with Gasteiger partial charge in [0.05, 0.1) is 5.25 Å². The summed E-state index contributed by atoms with van der Waals surface area (Å²) in [7, 11) is 0. The highest BCUT2D eigenvalue weighted by molar-refractivity contribution is 8.00. The molecule has 0 N–H and O–H groups in total. The van der Waals surface area contributed by atoms with Crippen LogP contribution in [0.2, 0.25) is 0 Å². The van der Waals surface area contributed by atoms with Crippen molar-refractivity contribution in [3.8, 4) is 0 Å². The Bertz CT molecular complexity index is 345. The zero-order valence-electron chi connectivity index (χ0n) is 7.47. The van der Waals surface area contributed by atoms with Gasteiger partial charge in [0.15, 0.2) is 0 Å². The molecule has 6 nitrogen and oxygen atoms in total. The number of rotatable bonds is 5. The van der Waals surface area contributed by atoms with E-state index in [1.54, 1.807) is 0 Å². The Balaban J connectivity index is 6.08. The van der Waals surface area contributed by atoms with Gasteiger partial charge in [0.25, 0.3) is 0 Å². The third-order valence-corrected chi connectivity index (χ3v) is 6.30. The molecule has 0 aliphatic rings. The fraction of sp³-hybridized carbons (Fsp3) is 1.00. The fourth-order valence-electron chi connectivity index (χ4n) is 0.921. The molecule has 0 aliphatic heterocycles. The van der Waals surface area contributed by atoms with E-state index < -0.39 is 54.6 Å². The number of hydrogen-bond acceptors (Lipinski definition) is 6. The molecule has 0 heterocycles. The second-order valence-corrected chi connectivity index (χ2v) is 6.42. The van der Waals surface area contributed by atoms with Crippen molar-refractivity contribution in [3.63, 3.8) is 0 Å². The molecule has 0 saturated heterocycles. The summed E-state index contributed by atoms with van der Waals surface area (Å²) < 4.78 is 96.5. The predicted octanol–water partition coefficient (Wildman–Crippen LogP) is -0.510. The van der Waals surface area contributed by atoms with Gasteiger partial charge < -0.3 is 13.7 Å². The fourth-order valence-corrected chi connectivity index (χ4v) is 4.50. The molecule has 0 spiro atoms. The van der Waals surface area contributed by atoms with E-state index in [1.165, 1.54) is 0 Å². The van der Waals surface area contributed by atoms with Gasteiger partial charge in [-0.1, -0.05) is 0 Å². The van der Waals surface area contributed by atoms with Crippen LogP contribution < -0.4 is 0 Å². The van der Waals surface area contributed by atoms with Crippen LogP contribution in [0, 0.1) is 0 Å². The second kappa shape index (κ2) is 6.04. The van der Waals surface area contributed by atoms with Gasteiger partial charge in [-0.3, -0.25) is 12.6 Å². The van der Waals surface area contributed by atoms with Gasteiger partial charge in [0.2, 0.25) is 4.08 Å². The van der Waals surface area contributed by atoms with Crippen molar-refractivity contribution in [2.24, 2.45) is 0 Å². The van der Waals surface area contributed by atoms with E-state index in [-0.39, 0.29) is 0 Å². The smallest absolute Gasteiger partial charge is 0.416 e. The third-order valence-electron chi connectivity index (χ3n) is 1.69. The topological polar surface area (TPSA) is 120 Å². The van der Waals surface area contributed by atoms with E-state index in [0.29, 0.717) is 0 Å². The Kier molecular flexibility index (Phi) is 6.18. The van der Waals surface area contributed by atoms with Crippen molar-refractivity contribution >= 4 is 44.8 Å². The Morgan fingerprint density at radius 1 is 1.06 bits per heavy atom. The monoisotopic (exact) mass is 335 g/mol. The van der Waals surface area contributed by atoms with Crippen LogP contribution in [-0.2, 0) is 33.2 Å². The first-order valence-corrected chi connectivity index (χ1v) is 7.25. The Hall–Kier alpha value is 0.410. The van der Waals surface area contributed by atoms with E-state index in [0.717, 1.165) is 0 Å². The molecule has 17 heavy (non-hydrogen) atoms. The van der Waals surface area contributed by atoms with Crippen LogP contribution in [0.15, 0.2) is 0 Å². The summed E-state index contributed by atoms with van der Waals surface area (Å²) in [6.45, 7) is 0. The third kappa shape index (κ3) is 3.05. The van der Waals surface area contributed by atoms with E-state index >= 15 is 0 Å². The van der Waals surface area contributed by atoms with Crippen LogP contribution in [0.25, 0.3) is 0 Å². The molecule has 0 aromatic rings. The SMILES string of the molecule is O=S([O-])C(CCl)C(S(=O)[O-])(S(=O)[O-])C(F)(F)F. The summed E-state index contributed by atoms with van der Waals surface area (Å²) in [6, 6.07) is 0. The van der Waals surface area contributed by atoms with Gasteiger partial charge in [-0.2, -0.15) is 13.2 Å². The summed E-state index contributed by atoms with van der Waals surface area (Å²) in [6.07, 6.45) is -5.84. The number of hydrogen-bond donors (Lipinski definition) is 0. The molecule has 4 atom stereocenters. The summed E-state index contributed by atoms with van der Waals surface area (Å²) in [5, 5.41) is -2.86. The Morgan fingerprint density at radius 3 is 1.47 bits per heavy atom. The van der Waals surface area contributed by atoms with E-state index in [4.69, 9.17) is 11.6 Å². The molecule has 0 radical (unpaired) electrons. The molecule has 4 unspecified atom stereocenters. The second-order valence-electron chi connectivity index (χ2n) is 2.54. The van der Waals surface area contributed by atoms with Crippen molar-refractivity contribution < 1.29 is 39.5 Å². The van der Waals surface area contributed by atoms with Crippen molar-refractivity contribution in [2.75, 3.05) is 5.88 Å². The summed E-state index contributed by atoms with van der Waals surface area (Å²) in [5.74, 6) is -1.35. The molecule has 0 fully saturated rings. The highest BCUT2D eigenvalue weighted by Gasteiger charge is 2.63. The van der Waals surface area contributed by atoms with Crippen LogP contribution in [-0.4, -0.2) is 47.7 Å². The minimum Gasteiger partial charge on any atom is -0.772 e. The van der Waals surface area contributed by atoms with Crippen LogP contribution in [0.3, 0.4) is 0 Å². The van der Waals surface area contributed by atoms with E-state index in [9.17, 15) is 39.5 Å². The van der Waals surface area contributed by atoms with Crippen molar-refractivity contribution in [2.45, 2.75) is 15.5 Å². The van der Waals surface area contributed by atoms with Crippen LogP contribution in [0.4, 0.5) is 13.2 Å². The van der Waals surface area contributed by atoms with E-state index in [1.807, 2.05) is 0 Å². The molecule has 0 saturated carbocycles. The van der Waals surface area contributed by atoms with Crippen molar-refractivity contribution in [3.05, 3.63) is 0 Å². The zero-order valence-corrected chi connectivity index (χ0v) is 10.7. The first kappa shape index (κ1) is 17.4. The maximum Gasteiger partial charge on any atom is 0.416 e. The Morgan fingerprint density at radius 2 is 1.41 bits per heavy atom. The maximum atomic E-state index is 12.6. The average molecular weight is 336 g/mol. The zero-order chi connectivity index (χ0) is 14.0. The van der Waals surface area contributed by atoms with Gasteiger partial charge in [-0.05, 0) is 33.2 Å². The molecule has 0 aliphatic carbocycles. The van der Waals surface area contributed by atoms with Crippen LogP contribution >= 0.6 is 11.6 Å². The van der Waals surface area contributed by atoms with Crippen LogP contribution in [0.5, 0.6) is 0 Å². The lowest BCUT2D eigenvalue weighted by Gasteiger charge is -2.44.